The summed E-state index contributed by atoms with van der Waals surface area (Å²) in [5.41, 5.74) is 5.12. The van der Waals surface area contributed by atoms with Gasteiger partial charge in [0, 0.05) is 6.07 Å². The summed E-state index contributed by atoms with van der Waals surface area (Å²) < 4.78 is 11.7. The number of methoxy groups -OCH3 is 2. The highest BCUT2D eigenvalue weighted by atomic mass is 32.2. The average Bonchev–Trinajstić information content (AvgIpc) is 3.24. The molecule has 0 saturated heterocycles. The fraction of sp³-hybridized carbons (Fsp3) is 0.167. The van der Waals surface area contributed by atoms with Gasteiger partial charge in [-0.1, -0.05) is 48.2 Å². The van der Waals surface area contributed by atoms with Crippen LogP contribution in [0.25, 0.3) is 10.8 Å². The molecule has 0 aliphatic heterocycles. The molecule has 0 saturated carbocycles. The molecule has 4 N–H and O–H groups in total. The van der Waals surface area contributed by atoms with Crippen molar-refractivity contribution < 1.29 is 14.3 Å². The summed E-state index contributed by atoms with van der Waals surface area (Å²) in [7, 11) is 3.08. The minimum absolute atomic E-state index is 0.0733. The summed E-state index contributed by atoms with van der Waals surface area (Å²) in [5.74, 6) is 7.30. The number of nitrogen functional groups attached to an aromatic ring is 1. The van der Waals surface area contributed by atoms with E-state index in [-0.39, 0.29) is 17.6 Å². The van der Waals surface area contributed by atoms with Crippen LogP contribution in [0.1, 0.15) is 12.5 Å². The highest BCUT2D eigenvalue weighted by Crippen LogP contribution is 2.29. The molecule has 0 aliphatic carbocycles. The Morgan fingerprint density at radius 3 is 2.63 bits per heavy atom. The molecule has 10 nitrogen and oxygen atoms in total. The van der Waals surface area contributed by atoms with E-state index in [0.29, 0.717) is 22.3 Å². The number of nitrogens with zero attached hydrogens (tertiary/aromatic N) is 4. The summed E-state index contributed by atoms with van der Waals surface area (Å²) in [6.07, 6.45) is 0. The predicted octanol–water partition coefficient (Wildman–Crippen LogP) is 3.73. The smallest absolute Gasteiger partial charge is 0.264 e. The van der Waals surface area contributed by atoms with E-state index in [1.807, 2.05) is 25.1 Å². The van der Waals surface area contributed by atoms with E-state index >= 15 is 0 Å². The zero-order chi connectivity index (χ0) is 24.8. The van der Waals surface area contributed by atoms with Crippen molar-refractivity contribution in [2.45, 2.75) is 12.1 Å². The number of aromatic nitrogens is 3. The third-order valence-corrected chi connectivity index (χ3v) is 6.11. The highest BCUT2D eigenvalue weighted by Gasteiger charge is 2.14. The molecule has 0 fully saturated rings. The maximum Gasteiger partial charge on any atom is 0.264 e. The van der Waals surface area contributed by atoms with Crippen LogP contribution in [0.4, 0.5) is 11.6 Å². The normalized spacial score (nSPS) is 11.3. The molecule has 11 heteroatoms. The van der Waals surface area contributed by atoms with E-state index < -0.39 is 0 Å². The Labute approximate surface area is 206 Å². The molecule has 35 heavy (non-hydrogen) atoms. The van der Waals surface area contributed by atoms with Crippen LogP contribution in [-0.2, 0) is 4.79 Å². The first-order chi connectivity index (χ1) is 17.0. The number of thioether (sulfide) groups is 1. The number of hydrogen-bond donors (Lipinski definition) is 3. The maximum atomic E-state index is 12.4. The Morgan fingerprint density at radius 1 is 1.06 bits per heavy atom. The van der Waals surface area contributed by atoms with Crippen LogP contribution >= 0.6 is 11.8 Å². The molecule has 0 spiro atoms. The van der Waals surface area contributed by atoms with Crippen molar-refractivity contribution in [3.8, 4) is 11.5 Å². The van der Waals surface area contributed by atoms with E-state index in [1.165, 1.54) is 11.8 Å². The van der Waals surface area contributed by atoms with Gasteiger partial charge in [-0.05, 0) is 41.5 Å². The third-order valence-electron chi connectivity index (χ3n) is 5.17. The van der Waals surface area contributed by atoms with Crippen molar-refractivity contribution >= 4 is 45.8 Å². The Kier molecular flexibility index (Phi) is 7.36. The molecule has 4 rings (SSSR count). The quantitative estimate of drug-likeness (QED) is 0.140. The summed E-state index contributed by atoms with van der Waals surface area (Å²) in [6, 6.07) is 19.4. The number of anilines is 2. The molecule has 0 aliphatic rings. The number of benzene rings is 3. The topological polar surface area (TPSA) is 129 Å². The number of nitrogens with one attached hydrogen (secondary N) is 2. The maximum absolute atomic E-state index is 12.4. The second kappa shape index (κ2) is 10.8. The van der Waals surface area contributed by atoms with Gasteiger partial charge in [0.15, 0.2) is 0 Å². The molecule has 0 bridgehead atoms. The highest BCUT2D eigenvalue weighted by molar-refractivity contribution is 7.99. The summed E-state index contributed by atoms with van der Waals surface area (Å²) in [4.78, 5) is 12.4. The van der Waals surface area contributed by atoms with Gasteiger partial charge in [0.05, 0.1) is 31.4 Å². The standard InChI is InChI=1S/C24H25N7O3S/c1-15(17-9-8-16-6-4-5-7-18(16)12-17)27-28-23-29-30-24(31(23)25)35-14-22(32)26-20-11-10-19(33-2)13-21(20)34-3/h4-13H,14,25H2,1-3H3,(H,26,32)(H,28,29)/b27-15+. The number of amides is 1. The lowest BCUT2D eigenvalue weighted by atomic mass is 10.0. The van der Waals surface area contributed by atoms with Crippen molar-refractivity contribution in [3.05, 3.63) is 66.2 Å². The Bertz CT molecular complexity index is 1390. The number of nitrogens with two attached hydrogens (primary N) is 1. The third kappa shape index (κ3) is 5.64. The second-order valence-corrected chi connectivity index (χ2v) is 8.39. The predicted molar refractivity (Wildman–Crippen MR) is 139 cm³/mol. The molecule has 0 unspecified atom stereocenters. The lowest BCUT2D eigenvalue weighted by Gasteiger charge is -2.11. The van der Waals surface area contributed by atoms with Gasteiger partial charge in [-0.15, -0.1) is 10.2 Å². The van der Waals surface area contributed by atoms with Crippen LogP contribution in [0.5, 0.6) is 11.5 Å². The lowest BCUT2D eigenvalue weighted by molar-refractivity contribution is -0.113. The van der Waals surface area contributed by atoms with Gasteiger partial charge < -0.3 is 20.6 Å². The van der Waals surface area contributed by atoms with E-state index in [2.05, 4.69) is 50.3 Å². The van der Waals surface area contributed by atoms with Crippen LogP contribution in [0, 0.1) is 0 Å². The van der Waals surface area contributed by atoms with Crippen LogP contribution < -0.4 is 26.1 Å². The molecule has 3 aromatic carbocycles. The number of carbonyl (C=O) groups excluding carboxylic acids is 1. The van der Waals surface area contributed by atoms with Gasteiger partial charge in [-0.2, -0.15) is 5.10 Å². The largest absolute Gasteiger partial charge is 0.497 e. The first-order valence-corrected chi connectivity index (χ1v) is 11.6. The van der Waals surface area contributed by atoms with Gasteiger partial charge in [-0.25, -0.2) is 10.1 Å². The van der Waals surface area contributed by atoms with E-state index in [9.17, 15) is 4.79 Å². The van der Waals surface area contributed by atoms with Gasteiger partial charge in [0.2, 0.25) is 11.1 Å². The number of hydrogen-bond acceptors (Lipinski definition) is 9. The van der Waals surface area contributed by atoms with E-state index in [1.54, 1.807) is 25.3 Å². The SMILES string of the molecule is COc1ccc(NC(=O)CSc2nnc(N/N=C(\C)c3ccc4ccccc4c3)n2N)c(OC)c1. The fourth-order valence-electron chi connectivity index (χ4n) is 3.28. The Morgan fingerprint density at radius 2 is 1.86 bits per heavy atom. The minimum Gasteiger partial charge on any atom is -0.497 e. The molecule has 0 radical (unpaired) electrons. The zero-order valence-corrected chi connectivity index (χ0v) is 20.3. The minimum atomic E-state index is -0.249. The molecule has 0 atom stereocenters. The molecule has 180 valence electrons. The van der Waals surface area contributed by atoms with Crippen molar-refractivity contribution in [2.75, 3.05) is 36.6 Å². The van der Waals surface area contributed by atoms with Crippen LogP contribution in [0.3, 0.4) is 0 Å². The summed E-state index contributed by atoms with van der Waals surface area (Å²) in [5, 5.41) is 17.9. The lowest BCUT2D eigenvalue weighted by Crippen LogP contribution is -2.17. The molecule has 1 amide bonds. The summed E-state index contributed by atoms with van der Waals surface area (Å²) >= 11 is 1.15. The van der Waals surface area contributed by atoms with Crippen LogP contribution in [0.2, 0.25) is 0 Å². The molecule has 1 aromatic heterocycles. The molecule has 4 aromatic rings. The zero-order valence-electron chi connectivity index (χ0n) is 19.5. The number of rotatable bonds is 9. The number of carbonyl (C=O) groups is 1. The van der Waals surface area contributed by atoms with Gasteiger partial charge in [0.25, 0.3) is 5.95 Å². The van der Waals surface area contributed by atoms with Crippen LogP contribution in [0.15, 0.2) is 70.9 Å². The number of hydrazone groups is 1. The van der Waals surface area contributed by atoms with Crippen LogP contribution in [-0.4, -0.2) is 46.5 Å². The Hall–Kier alpha value is -4.25. The van der Waals surface area contributed by atoms with E-state index in [4.69, 9.17) is 15.3 Å². The summed E-state index contributed by atoms with van der Waals surface area (Å²) in [6.45, 7) is 1.89. The van der Waals surface area contributed by atoms with Gasteiger partial charge in [-0.3, -0.25) is 4.79 Å². The molecular weight excluding hydrogens is 466 g/mol. The number of fused-ring (bicyclic) bond motifs is 1. The van der Waals surface area contributed by atoms with Crippen molar-refractivity contribution in [1.29, 1.82) is 0 Å². The van der Waals surface area contributed by atoms with E-state index in [0.717, 1.165) is 33.8 Å². The average molecular weight is 492 g/mol. The number of ether oxygens (including phenoxy) is 2. The first-order valence-electron chi connectivity index (χ1n) is 10.6. The monoisotopic (exact) mass is 491 g/mol. The van der Waals surface area contributed by atoms with Gasteiger partial charge >= 0.3 is 0 Å². The second-order valence-electron chi connectivity index (χ2n) is 7.45. The van der Waals surface area contributed by atoms with Crippen molar-refractivity contribution in [3.63, 3.8) is 0 Å². The first kappa shape index (κ1) is 23.9. The van der Waals surface area contributed by atoms with Crippen molar-refractivity contribution in [2.24, 2.45) is 5.10 Å². The Balaban J connectivity index is 1.36. The molecule has 1 heterocycles. The van der Waals surface area contributed by atoms with Gasteiger partial charge in [0.1, 0.15) is 11.5 Å². The fourth-order valence-corrected chi connectivity index (χ4v) is 3.94. The van der Waals surface area contributed by atoms with Crippen molar-refractivity contribution in [1.82, 2.24) is 14.9 Å². The molecular formula is C24H25N7O3S.